The van der Waals surface area contributed by atoms with Crippen molar-refractivity contribution in [1.82, 2.24) is 15.0 Å². The molecule has 0 saturated heterocycles. The summed E-state index contributed by atoms with van der Waals surface area (Å²) in [7, 11) is 0. The molecule has 0 saturated carbocycles. The van der Waals surface area contributed by atoms with Crippen LogP contribution in [0.25, 0.3) is 0 Å². The van der Waals surface area contributed by atoms with Crippen LogP contribution in [0, 0.1) is 0 Å². The van der Waals surface area contributed by atoms with Crippen molar-refractivity contribution in [3.05, 3.63) is 48.3 Å². The van der Waals surface area contributed by atoms with Crippen molar-refractivity contribution in [1.29, 1.82) is 0 Å². The predicted molar refractivity (Wildman–Crippen MR) is 69.0 cm³/mol. The van der Waals surface area contributed by atoms with Crippen molar-refractivity contribution in [2.45, 2.75) is 25.4 Å². The third-order valence-corrected chi connectivity index (χ3v) is 2.69. The highest BCUT2D eigenvalue weighted by molar-refractivity contribution is 5.13. The number of benzene rings is 1. The molecule has 2 unspecified atom stereocenters. The van der Waals surface area contributed by atoms with Gasteiger partial charge in [0, 0.05) is 0 Å². The number of hydrogen-bond acceptors (Lipinski definition) is 4. The molecule has 0 aliphatic rings. The first-order valence-electron chi connectivity index (χ1n) is 6.11. The summed E-state index contributed by atoms with van der Waals surface area (Å²) in [6, 6.07) is 8.94. The van der Waals surface area contributed by atoms with Crippen LogP contribution in [0.1, 0.15) is 5.56 Å². The van der Waals surface area contributed by atoms with E-state index in [0.717, 1.165) is 5.56 Å². The molecule has 0 amide bonds. The van der Waals surface area contributed by atoms with E-state index in [1.807, 2.05) is 30.3 Å². The topological polar surface area (TPSA) is 66.0 Å². The van der Waals surface area contributed by atoms with Gasteiger partial charge in [-0.1, -0.05) is 30.3 Å². The van der Waals surface area contributed by atoms with Crippen molar-refractivity contribution in [2.75, 3.05) is 6.61 Å². The Morgan fingerprint density at radius 3 is 2.58 bits per heavy atom. The van der Waals surface area contributed by atoms with Gasteiger partial charge in [0.25, 0.3) is 0 Å². The molecule has 0 aliphatic heterocycles. The maximum absolute atomic E-state index is 13.8. The van der Waals surface area contributed by atoms with Crippen LogP contribution in [-0.2, 0) is 17.9 Å². The second-order valence-electron chi connectivity index (χ2n) is 4.26. The first-order chi connectivity index (χ1) is 9.25. The first kappa shape index (κ1) is 13.6. The molecule has 1 heterocycles. The fourth-order valence-electron chi connectivity index (χ4n) is 1.63. The molecule has 0 aliphatic carbocycles. The average Bonchev–Trinajstić information content (AvgIpc) is 2.92. The van der Waals surface area contributed by atoms with Crippen LogP contribution in [0.15, 0.2) is 42.7 Å². The van der Waals surface area contributed by atoms with Gasteiger partial charge in [0.1, 0.15) is 6.17 Å². The molecule has 2 rings (SSSR count). The molecule has 19 heavy (non-hydrogen) atoms. The zero-order valence-electron chi connectivity index (χ0n) is 10.5. The molecular formula is C13H17FN4O. The molecule has 0 fully saturated rings. The average molecular weight is 264 g/mol. The van der Waals surface area contributed by atoms with Gasteiger partial charge in [-0.25, -0.2) is 4.39 Å². The summed E-state index contributed by atoms with van der Waals surface area (Å²) in [6.07, 6.45) is 1.83. The minimum Gasteiger partial charge on any atom is -0.374 e. The molecule has 6 heteroatoms. The zero-order valence-corrected chi connectivity index (χ0v) is 10.5. The number of alkyl halides is 1. The molecule has 1 aromatic heterocycles. The Hall–Kier alpha value is -1.79. The van der Waals surface area contributed by atoms with Crippen LogP contribution in [0.5, 0.6) is 0 Å². The summed E-state index contributed by atoms with van der Waals surface area (Å²) < 4.78 is 19.1. The van der Waals surface area contributed by atoms with E-state index >= 15 is 0 Å². The third kappa shape index (κ3) is 4.42. The van der Waals surface area contributed by atoms with Crippen molar-refractivity contribution in [3.8, 4) is 0 Å². The minimum absolute atomic E-state index is 0.0304. The van der Waals surface area contributed by atoms with Gasteiger partial charge < -0.3 is 10.5 Å². The van der Waals surface area contributed by atoms with Gasteiger partial charge >= 0.3 is 0 Å². The van der Waals surface area contributed by atoms with Gasteiger partial charge in [0.2, 0.25) is 0 Å². The molecular weight excluding hydrogens is 247 g/mol. The smallest absolute Gasteiger partial charge is 0.140 e. The molecule has 5 nitrogen and oxygen atoms in total. The van der Waals surface area contributed by atoms with E-state index in [9.17, 15) is 4.39 Å². The largest absolute Gasteiger partial charge is 0.374 e. The van der Waals surface area contributed by atoms with E-state index in [1.165, 1.54) is 17.2 Å². The van der Waals surface area contributed by atoms with Crippen molar-refractivity contribution >= 4 is 0 Å². The van der Waals surface area contributed by atoms with Gasteiger partial charge in [-0.2, -0.15) is 15.0 Å². The summed E-state index contributed by atoms with van der Waals surface area (Å²) in [6.45, 7) is 0.591. The lowest BCUT2D eigenvalue weighted by Crippen LogP contribution is -2.39. The highest BCUT2D eigenvalue weighted by Crippen LogP contribution is 2.04. The van der Waals surface area contributed by atoms with Gasteiger partial charge in [0.15, 0.2) is 0 Å². The maximum Gasteiger partial charge on any atom is 0.140 e. The SMILES string of the molecule is NC(Cn1nccn1)C(F)COCc1ccccc1. The molecule has 2 aromatic rings. The fraction of sp³-hybridized carbons (Fsp3) is 0.385. The van der Waals surface area contributed by atoms with E-state index in [4.69, 9.17) is 10.5 Å². The Morgan fingerprint density at radius 2 is 1.89 bits per heavy atom. The van der Waals surface area contributed by atoms with E-state index in [0.29, 0.717) is 6.61 Å². The van der Waals surface area contributed by atoms with Crippen molar-refractivity contribution in [3.63, 3.8) is 0 Å². The molecule has 0 radical (unpaired) electrons. The number of nitrogens with zero attached hydrogens (tertiary/aromatic N) is 3. The van der Waals surface area contributed by atoms with Crippen LogP contribution in [0.4, 0.5) is 4.39 Å². The number of rotatable bonds is 7. The Bertz CT molecular complexity index is 463. The lowest BCUT2D eigenvalue weighted by Gasteiger charge is -2.16. The quantitative estimate of drug-likeness (QED) is 0.815. The zero-order chi connectivity index (χ0) is 13.5. The molecule has 0 spiro atoms. The lowest BCUT2D eigenvalue weighted by molar-refractivity contribution is 0.0560. The summed E-state index contributed by atoms with van der Waals surface area (Å²) in [5.74, 6) is 0. The van der Waals surface area contributed by atoms with E-state index in [2.05, 4.69) is 10.2 Å². The first-order valence-corrected chi connectivity index (χ1v) is 6.11. The van der Waals surface area contributed by atoms with Crippen LogP contribution >= 0.6 is 0 Å². The van der Waals surface area contributed by atoms with Crippen molar-refractivity contribution in [2.24, 2.45) is 5.73 Å². The van der Waals surface area contributed by atoms with E-state index in [-0.39, 0.29) is 13.2 Å². The Morgan fingerprint density at radius 1 is 1.21 bits per heavy atom. The number of ether oxygens (including phenoxy) is 1. The predicted octanol–water partition coefficient (Wildman–Crippen LogP) is 1.16. The highest BCUT2D eigenvalue weighted by atomic mass is 19.1. The van der Waals surface area contributed by atoms with Gasteiger partial charge in [0.05, 0.1) is 38.2 Å². The lowest BCUT2D eigenvalue weighted by atomic mass is 10.2. The van der Waals surface area contributed by atoms with Gasteiger partial charge in [-0.15, -0.1) is 0 Å². The summed E-state index contributed by atoms with van der Waals surface area (Å²) in [4.78, 5) is 1.37. The summed E-state index contributed by atoms with van der Waals surface area (Å²) in [5.41, 5.74) is 6.74. The van der Waals surface area contributed by atoms with Crippen LogP contribution in [0.3, 0.4) is 0 Å². The Balaban J connectivity index is 1.70. The Labute approximate surface area is 111 Å². The molecule has 2 atom stereocenters. The second-order valence-corrected chi connectivity index (χ2v) is 4.26. The number of halogens is 1. The monoisotopic (exact) mass is 264 g/mol. The number of nitrogens with two attached hydrogens (primary N) is 1. The second kappa shape index (κ2) is 6.96. The van der Waals surface area contributed by atoms with Gasteiger partial charge in [-0.05, 0) is 5.56 Å². The Kier molecular flexibility index (Phi) is 5.00. The molecule has 2 N–H and O–H groups in total. The summed E-state index contributed by atoms with van der Waals surface area (Å²) >= 11 is 0. The van der Waals surface area contributed by atoms with E-state index < -0.39 is 12.2 Å². The van der Waals surface area contributed by atoms with E-state index in [1.54, 1.807) is 0 Å². The standard InChI is InChI=1S/C13H17FN4O/c14-12(13(15)8-18-16-6-7-17-18)10-19-9-11-4-2-1-3-5-11/h1-7,12-13H,8-10,15H2. The third-order valence-electron chi connectivity index (χ3n) is 2.69. The number of hydrogen-bond donors (Lipinski definition) is 1. The molecule has 102 valence electrons. The highest BCUT2D eigenvalue weighted by Gasteiger charge is 2.18. The normalized spacial score (nSPS) is 14.2. The molecule has 0 bridgehead atoms. The molecule has 1 aromatic carbocycles. The number of aromatic nitrogens is 3. The van der Waals surface area contributed by atoms with Crippen LogP contribution in [0.2, 0.25) is 0 Å². The van der Waals surface area contributed by atoms with Crippen LogP contribution < -0.4 is 5.73 Å². The fourth-order valence-corrected chi connectivity index (χ4v) is 1.63. The maximum atomic E-state index is 13.8. The minimum atomic E-state index is -1.24. The van der Waals surface area contributed by atoms with Crippen LogP contribution in [-0.4, -0.2) is 33.8 Å². The van der Waals surface area contributed by atoms with Crippen molar-refractivity contribution < 1.29 is 9.13 Å². The van der Waals surface area contributed by atoms with Gasteiger partial charge in [-0.3, -0.25) is 0 Å². The summed E-state index contributed by atoms with van der Waals surface area (Å²) in [5, 5.41) is 7.77.